The Morgan fingerprint density at radius 1 is 0.933 bits per heavy atom. The number of nitrogens with one attached hydrogen (secondary N) is 2. The highest BCUT2D eigenvalue weighted by molar-refractivity contribution is 6.05. The molecule has 2 aromatic carbocycles. The monoisotopic (exact) mass is 823 g/mol. The van der Waals surface area contributed by atoms with Gasteiger partial charge < -0.3 is 29.9 Å². The molecule has 2 aromatic heterocycles. The van der Waals surface area contributed by atoms with Gasteiger partial charge in [-0.05, 0) is 78.6 Å². The molecular weight excluding hydrogens is 780 g/mol. The van der Waals surface area contributed by atoms with Crippen LogP contribution in [0.2, 0.25) is 0 Å². The Bertz CT molecular complexity index is 2400. The zero-order valence-corrected chi connectivity index (χ0v) is 32.7. The van der Waals surface area contributed by atoms with Gasteiger partial charge in [0.25, 0.3) is 12.3 Å². The number of anilines is 3. The minimum absolute atomic E-state index is 0.0408. The van der Waals surface area contributed by atoms with E-state index in [1.807, 2.05) is 24.4 Å². The molecule has 4 aromatic rings. The molecule has 312 valence electrons. The van der Waals surface area contributed by atoms with Gasteiger partial charge in [-0.2, -0.15) is 0 Å². The van der Waals surface area contributed by atoms with Crippen LogP contribution >= 0.6 is 0 Å². The zero-order chi connectivity index (χ0) is 41.3. The third-order valence-corrected chi connectivity index (χ3v) is 13.2. The molecule has 6 aliphatic rings. The molecule has 0 spiro atoms. The Kier molecular flexibility index (Phi) is 9.52. The summed E-state index contributed by atoms with van der Waals surface area (Å²) in [5.41, 5.74) is 3.87. The van der Waals surface area contributed by atoms with Crippen LogP contribution in [0.5, 0.6) is 11.6 Å². The van der Waals surface area contributed by atoms with Crippen molar-refractivity contribution in [1.29, 1.82) is 0 Å². The second-order valence-corrected chi connectivity index (χ2v) is 16.9. The van der Waals surface area contributed by atoms with Crippen molar-refractivity contribution in [3.8, 4) is 22.9 Å². The third-order valence-electron chi connectivity index (χ3n) is 13.2. The van der Waals surface area contributed by atoms with Gasteiger partial charge in [0.15, 0.2) is 17.4 Å². The molecule has 3 fully saturated rings. The highest BCUT2D eigenvalue weighted by Gasteiger charge is 2.56. The lowest BCUT2D eigenvalue weighted by Gasteiger charge is -2.43. The molecule has 6 aliphatic heterocycles. The van der Waals surface area contributed by atoms with E-state index in [9.17, 15) is 32.7 Å². The van der Waals surface area contributed by atoms with Crippen molar-refractivity contribution >= 4 is 34.9 Å². The standard InChI is InChI=1S/C43H44F3N9O5/c44-32-3-1-2-30(38(32)57)33-16-35-39(51-50-33)48-23-43(42(45)46)17-29(22-55(35)43)60-37-14-25-10-11-52(20-27(25)18-47-37)19-24-8-12-53(13-9-24)28-5-4-26-21-54(41(59)31(26)15-28)34-6-7-36(56)49-40(34)58/h1-5,14-16,18,24,29,34,42,57H,6-13,17,19-23H2,(H,48,51)(H,49,56,58)/t29-,34+,43-/m1/s1. The number of rotatable bonds is 8. The molecule has 0 saturated carbocycles. The van der Waals surface area contributed by atoms with Crippen LogP contribution in [0, 0.1) is 11.7 Å². The Morgan fingerprint density at radius 2 is 1.78 bits per heavy atom. The van der Waals surface area contributed by atoms with Crippen LogP contribution in [0.25, 0.3) is 11.3 Å². The van der Waals surface area contributed by atoms with Crippen molar-refractivity contribution < 1.29 is 37.4 Å². The van der Waals surface area contributed by atoms with E-state index in [-0.39, 0.29) is 49.0 Å². The number of carbonyl (C=O) groups excluding carboxylic acids is 3. The highest BCUT2D eigenvalue weighted by Crippen LogP contribution is 2.47. The number of phenolic OH excluding ortho intramolecular Hbond substituents is 1. The first-order valence-corrected chi connectivity index (χ1v) is 20.6. The Hall–Kier alpha value is -5.97. The highest BCUT2D eigenvalue weighted by atomic mass is 19.3. The largest absolute Gasteiger partial charge is 0.504 e. The number of piperidine rings is 2. The van der Waals surface area contributed by atoms with E-state index in [1.54, 1.807) is 15.9 Å². The van der Waals surface area contributed by atoms with Gasteiger partial charge in [-0.15, -0.1) is 10.2 Å². The van der Waals surface area contributed by atoms with Crippen molar-refractivity contribution in [3.63, 3.8) is 0 Å². The molecule has 0 aliphatic carbocycles. The fourth-order valence-corrected chi connectivity index (χ4v) is 9.97. The molecule has 0 radical (unpaired) electrons. The van der Waals surface area contributed by atoms with E-state index in [0.29, 0.717) is 41.8 Å². The number of ether oxygens (including phenoxy) is 1. The summed E-state index contributed by atoms with van der Waals surface area (Å²) in [7, 11) is 0. The number of aromatic hydroxyl groups is 1. The molecule has 0 bridgehead atoms. The van der Waals surface area contributed by atoms with Gasteiger partial charge in [0.1, 0.15) is 17.7 Å². The molecule has 8 heterocycles. The number of pyridine rings is 1. The van der Waals surface area contributed by atoms with E-state index >= 15 is 0 Å². The smallest absolute Gasteiger partial charge is 0.263 e. The minimum Gasteiger partial charge on any atom is -0.504 e. The SMILES string of the molecule is O=C1CC[C@H](N2Cc3ccc(N4CCC(CN5CCc6cc(O[C@H]7CN8c9cc(-c%10cccc(F)c%10O)nnc9NC[C@@]8(C(F)F)C7)ncc6C5)CC4)cc3C2=O)C(=O)N1. The second-order valence-electron chi connectivity index (χ2n) is 16.9. The predicted molar refractivity (Wildman–Crippen MR) is 213 cm³/mol. The first-order valence-electron chi connectivity index (χ1n) is 20.6. The van der Waals surface area contributed by atoms with Crippen LogP contribution in [0.4, 0.5) is 30.4 Å². The molecule has 3 N–H and O–H groups in total. The van der Waals surface area contributed by atoms with E-state index in [4.69, 9.17) is 4.74 Å². The summed E-state index contributed by atoms with van der Waals surface area (Å²) in [4.78, 5) is 50.1. The summed E-state index contributed by atoms with van der Waals surface area (Å²) in [5.74, 6) is -1.03. The van der Waals surface area contributed by atoms with Gasteiger partial charge in [-0.3, -0.25) is 24.6 Å². The number of phenols is 1. The fourth-order valence-electron chi connectivity index (χ4n) is 9.97. The maximum Gasteiger partial charge on any atom is 0.263 e. The summed E-state index contributed by atoms with van der Waals surface area (Å²) in [6.45, 7) is 4.81. The fraction of sp³-hybridized carbons (Fsp3) is 0.442. The molecule has 3 atom stereocenters. The van der Waals surface area contributed by atoms with Crippen LogP contribution in [0.1, 0.15) is 59.2 Å². The summed E-state index contributed by atoms with van der Waals surface area (Å²) in [6.07, 6.45) is 1.99. The number of hydrogen-bond acceptors (Lipinski definition) is 12. The summed E-state index contributed by atoms with van der Waals surface area (Å²) >= 11 is 0. The number of hydrogen-bond donors (Lipinski definition) is 3. The number of amides is 3. The molecule has 17 heteroatoms. The number of aromatic nitrogens is 3. The van der Waals surface area contributed by atoms with E-state index in [1.165, 1.54) is 12.1 Å². The predicted octanol–water partition coefficient (Wildman–Crippen LogP) is 4.51. The topological polar surface area (TPSA) is 156 Å². The van der Waals surface area contributed by atoms with E-state index in [2.05, 4.69) is 41.7 Å². The van der Waals surface area contributed by atoms with Gasteiger partial charge >= 0.3 is 0 Å². The summed E-state index contributed by atoms with van der Waals surface area (Å²) in [5, 5.41) is 24.0. The normalized spacial score (nSPS) is 24.2. The number of carbonyl (C=O) groups is 3. The number of benzene rings is 2. The van der Waals surface area contributed by atoms with Crippen LogP contribution in [0.3, 0.4) is 0 Å². The third kappa shape index (κ3) is 6.72. The molecule has 60 heavy (non-hydrogen) atoms. The van der Waals surface area contributed by atoms with Crippen LogP contribution < -0.4 is 25.2 Å². The van der Waals surface area contributed by atoms with Gasteiger partial charge in [0, 0.05) is 87.7 Å². The first-order chi connectivity index (χ1) is 29.0. The van der Waals surface area contributed by atoms with E-state index < -0.39 is 41.6 Å². The Labute approximate surface area is 343 Å². The molecule has 14 nitrogen and oxygen atoms in total. The van der Waals surface area contributed by atoms with Crippen LogP contribution in [-0.2, 0) is 29.1 Å². The zero-order valence-electron chi connectivity index (χ0n) is 32.7. The van der Waals surface area contributed by atoms with Gasteiger partial charge in [0.05, 0.1) is 17.9 Å². The number of fused-ring (bicyclic) bond motifs is 5. The average Bonchev–Trinajstić information content (AvgIpc) is 3.79. The van der Waals surface area contributed by atoms with Crippen molar-refractivity contribution in [2.24, 2.45) is 5.92 Å². The minimum atomic E-state index is -2.72. The maximum absolute atomic E-state index is 15.0. The lowest BCUT2D eigenvalue weighted by molar-refractivity contribution is -0.136. The van der Waals surface area contributed by atoms with Crippen LogP contribution in [0.15, 0.2) is 54.7 Å². The number of alkyl halides is 2. The van der Waals surface area contributed by atoms with Crippen molar-refractivity contribution in [2.75, 3.05) is 54.4 Å². The quantitative estimate of drug-likeness (QED) is 0.214. The van der Waals surface area contributed by atoms with Gasteiger partial charge in [-0.25, -0.2) is 18.2 Å². The molecule has 0 unspecified atom stereocenters. The second kappa shape index (κ2) is 14.9. The summed E-state index contributed by atoms with van der Waals surface area (Å²) < 4.78 is 50.4. The Balaban J connectivity index is 0.747. The van der Waals surface area contributed by atoms with Gasteiger partial charge in [-0.1, -0.05) is 12.1 Å². The number of para-hydroxylation sites is 1. The lowest BCUT2D eigenvalue weighted by Crippen LogP contribution is -2.57. The lowest BCUT2D eigenvalue weighted by atomic mass is 9.93. The average molecular weight is 824 g/mol. The first kappa shape index (κ1) is 38.2. The van der Waals surface area contributed by atoms with Crippen molar-refractivity contribution in [1.82, 2.24) is 30.3 Å². The van der Waals surface area contributed by atoms with Gasteiger partial charge in [0.2, 0.25) is 17.7 Å². The number of nitrogens with zero attached hydrogens (tertiary/aromatic N) is 7. The number of imide groups is 1. The molecular formula is C43H44F3N9O5. The van der Waals surface area contributed by atoms with E-state index in [0.717, 1.165) is 80.4 Å². The Morgan fingerprint density at radius 3 is 2.60 bits per heavy atom. The van der Waals surface area contributed by atoms with Crippen molar-refractivity contribution in [2.45, 2.75) is 75.7 Å². The molecule has 3 amide bonds. The molecule has 10 rings (SSSR count). The molecule has 3 saturated heterocycles. The number of halogens is 3. The van der Waals surface area contributed by atoms with Crippen molar-refractivity contribution in [3.05, 3.63) is 82.8 Å². The summed E-state index contributed by atoms with van der Waals surface area (Å²) in [6, 6.07) is 12.9. The van der Waals surface area contributed by atoms with Crippen LogP contribution in [-0.4, -0.2) is 111 Å². The maximum atomic E-state index is 15.0.